The molecule has 4 nitrogen and oxygen atoms in total. The smallest absolute Gasteiger partial charge is 0.174 e. The van der Waals surface area contributed by atoms with E-state index in [1.807, 2.05) is 36.4 Å². The minimum absolute atomic E-state index is 0.0634. The number of methoxy groups -OCH3 is 1. The van der Waals surface area contributed by atoms with Gasteiger partial charge in [-0.15, -0.1) is 0 Å². The molecule has 130 valence electrons. The molecule has 0 saturated carbocycles. The fourth-order valence-electron chi connectivity index (χ4n) is 2.49. The van der Waals surface area contributed by atoms with E-state index in [1.54, 1.807) is 13.4 Å². The van der Waals surface area contributed by atoms with Crippen molar-refractivity contribution in [3.8, 4) is 5.75 Å². The highest BCUT2D eigenvalue weighted by molar-refractivity contribution is 7.80. The van der Waals surface area contributed by atoms with E-state index in [2.05, 4.69) is 31.0 Å². The maximum Gasteiger partial charge on any atom is 0.174 e. The lowest BCUT2D eigenvalue weighted by Crippen LogP contribution is -2.38. The second kappa shape index (κ2) is 8.73. The van der Waals surface area contributed by atoms with Gasteiger partial charge in [-0.05, 0) is 55.7 Å². The van der Waals surface area contributed by atoms with Gasteiger partial charge in [0.1, 0.15) is 11.5 Å². The zero-order chi connectivity index (χ0) is 17.5. The number of hydrogen-bond acceptors (Lipinski definition) is 3. The molecule has 0 aliphatic heterocycles. The molecule has 1 aromatic heterocycles. The number of rotatable bonds is 7. The van der Waals surface area contributed by atoms with Crippen LogP contribution in [-0.4, -0.2) is 23.7 Å². The van der Waals surface area contributed by atoms with Gasteiger partial charge in [-0.1, -0.05) is 26.0 Å². The number of ether oxygens (including phenoxy) is 1. The van der Waals surface area contributed by atoms with Gasteiger partial charge in [0.05, 0.1) is 25.1 Å². The number of hydrogen-bond donors (Lipinski definition) is 1. The number of para-hydroxylation sites is 2. The Morgan fingerprint density at radius 1 is 1.21 bits per heavy atom. The van der Waals surface area contributed by atoms with Crippen LogP contribution in [-0.2, 0) is 0 Å². The van der Waals surface area contributed by atoms with Crippen LogP contribution in [0.1, 0.15) is 39.0 Å². The minimum atomic E-state index is 0.0634. The first-order chi connectivity index (χ1) is 11.5. The highest BCUT2D eigenvalue weighted by Gasteiger charge is 2.21. The van der Waals surface area contributed by atoms with Crippen LogP contribution in [0, 0.1) is 5.92 Å². The molecule has 2 rings (SSSR count). The Morgan fingerprint density at radius 2 is 1.96 bits per heavy atom. The molecule has 1 aromatic carbocycles. The molecule has 1 atom stereocenters. The Morgan fingerprint density at radius 3 is 2.58 bits per heavy atom. The van der Waals surface area contributed by atoms with E-state index < -0.39 is 0 Å². The highest BCUT2D eigenvalue weighted by atomic mass is 32.1. The third kappa shape index (κ3) is 4.74. The van der Waals surface area contributed by atoms with E-state index in [-0.39, 0.29) is 6.04 Å². The molecular weight excluding hydrogens is 320 g/mol. The molecule has 0 saturated heterocycles. The SMILES string of the molecule is COc1ccccc1NC(=S)N(CCC(C)C)[C@H](C)c1ccco1. The molecule has 0 unspecified atom stereocenters. The Hall–Kier alpha value is -2.01. The average molecular weight is 346 g/mol. The molecule has 1 heterocycles. The molecule has 0 amide bonds. The summed E-state index contributed by atoms with van der Waals surface area (Å²) >= 11 is 5.68. The van der Waals surface area contributed by atoms with Crippen LogP contribution in [0.25, 0.3) is 0 Å². The van der Waals surface area contributed by atoms with Gasteiger partial charge in [0.2, 0.25) is 0 Å². The number of anilines is 1. The first-order valence-electron chi connectivity index (χ1n) is 8.27. The van der Waals surface area contributed by atoms with Crippen molar-refractivity contribution in [3.63, 3.8) is 0 Å². The number of nitrogens with zero attached hydrogens (tertiary/aromatic N) is 1. The number of nitrogens with one attached hydrogen (secondary N) is 1. The summed E-state index contributed by atoms with van der Waals surface area (Å²) in [6, 6.07) is 11.7. The Labute approximate surface area is 149 Å². The van der Waals surface area contributed by atoms with Gasteiger partial charge in [-0.3, -0.25) is 0 Å². The predicted molar refractivity (Wildman–Crippen MR) is 102 cm³/mol. The molecule has 0 bridgehead atoms. The van der Waals surface area contributed by atoms with Gasteiger partial charge in [-0.2, -0.15) is 0 Å². The fourth-order valence-corrected chi connectivity index (χ4v) is 2.85. The van der Waals surface area contributed by atoms with Gasteiger partial charge < -0.3 is 19.4 Å². The maximum absolute atomic E-state index is 5.68. The molecule has 0 radical (unpaired) electrons. The maximum atomic E-state index is 5.68. The molecule has 24 heavy (non-hydrogen) atoms. The molecule has 0 aliphatic rings. The van der Waals surface area contributed by atoms with Crippen molar-refractivity contribution in [2.24, 2.45) is 5.92 Å². The molecule has 0 spiro atoms. The van der Waals surface area contributed by atoms with Gasteiger partial charge in [0, 0.05) is 6.54 Å². The van der Waals surface area contributed by atoms with Crippen molar-refractivity contribution in [3.05, 3.63) is 48.4 Å². The number of benzene rings is 1. The summed E-state index contributed by atoms with van der Waals surface area (Å²) in [5.41, 5.74) is 0.867. The molecule has 2 aromatic rings. The van der Waals surface area contributed by atoms with Crippen molar-refractivity contribution in [1.82, 2.24) is 4.90 Å². The zero-order valence-electron chi connectivity index (χ0n) is 14.8. The first kappa shape index (κ1) is 18.3. The molecule has 0 fully saturated rings. The van der Waals surface area contributed by atoms with Crippen LogP contribution in [0.15, 0.2) is 47.1 Å². The van der Waals surface area contributed by atoms with Crippen LogP contribution < -0.4 is 10.1 Å². The summed E-state index contributed by atoms with van der Waals surface area (Å²) in [4.78, 5) is 2.17. The Bertz CT molecular complexity index is 641. The van der Waals surface area contributed by atoms with Gasteiger partial charge in [0.25, 0.3) is 0 Å². The van der Waals surface area contributed by atoms with E-state index >= 15 is 0 Å². The fraction of sp³-hybridized carbons (Fsp3) is 0.421. The summed E-state index contributed by atoms with van der Waals surface area (Å²) in [5.74, 6) is 2.28. The summed E-state index contributed by atoms with van der Waals surface area (Å²) in [6.07, 6.45) is 2.75. The first-order valence-corrected chi connectivity index (χ1v) is 8.67. The number of thiocarbonyl (C=S) groups is 1. The monoisotopic (exact) mass is 346 g/mol. The molecule has 0 aliphatic carbocycles. The van der Waals surface area contributed by atoms with Gasteiger partial charge in [0.15, 0.2) is 5.11 Å². The second-order valence-corrected chi connectivity index (χ2v) is 6.58. The van der Waals surface area contributed by atoms with E-state index in [4.69, 9.17) is 21.4 Å². The van der Waals surface area contributed by atoms with Crippen LogP contribution in [0.3, 0.4) is 0 Å². The van der Waals surface area contributed by atoms with E-state index in [0.717, 1.165) is 30.2 Å². The summed E-state index contributed by atoms with van der Waals surface area (Å²) < 4.78 is 11.0. The minimum Gasteiger partial charge on any atom is -0.495 e. The summed E-state index contributed by atoms with van der Waals surface area (Å²) in [7, 11) is 1.66. The third-order valence-electron chi connectivity index (χ3n) is 3.98. The van der Waals surface area contributed by atoms with Gasteiger partial charge >= 0.3 is 0 Å². The summed E-state index contributed by atoms with van der Waals surface area (Å²) in [6.45, 7) is 7.40. The lowest BCUT2D eigenvalue weighted by Gasteiger charge is -2.31. The lowest BCUT2D eigenvalue weighted by atomic mass is 10.1. The lowest BCUT2D eigenvalue weighted by molar-refractivity contribution is 0.281. The summed E-state index contributed by atoms with van der Waals surface area (Å²) in [5, 5.41) is 3.99. The molecular formula is C19H26N2O2S. The Kier molecular flexibility index (Phi) is 6.67. The molecule has 1 N–H and O–H groups in total. The largest absolute Gasteiger partial charge is 0.495 e. The second-order valence-electron chi connectivity index (χ2n) is 6.20. The van der Waals surface area contributed by atoms with Crippen molar-refractivity contribution < 1.29 is 9.15 Å². The van der Waals surface area contributed by atoms with Crippen molar-refractivity contribution in [2.75, 3.05) is 19.0 Å². The van der Waals surface area contributed by atoms with Crippen molar-refractivity contribution in [2.45, 2.75) is 33.2 Å². The zero-order valence-corrected chi connectivity index (χ0v) is 15.6. The Balaban J connectivity index is 2.17. The highest BCUT2D eigenvalue weighted by Crippen LogP contribution is 2.26. The standard InChI is InChI=1S/C19H26N2O2S/c1-14(2)11-12-21(15(3)17-10-7-13-23-17)19(24)20-16-8-5-6-9-18(16)22-4/h5-10,13-15H,11-12H2,1-4H3,(H,20,24)/t15-/m1/s1. The van der Waals surface area contributed by atoms with Crippen LogP contribution >= 0.6 is 12.2 Å². The van der Waals surface area contributed by atoms with E-state index in [1.165, 1.54) is 0 Å². The number of furan rings is 1. The van der Waals surface area contributed by atoms with Crippen LogP contribution in [0.4, 0.5) is 5.69 Å². The predicted octanol–water partition coefficient (Wildman–Crippen LogP) is 5.09. The van der Waals surface area contributed by atoms with Crippen LogP contribution in [0.5, 0.6) is 5.75 Å². The van der Waals surface area contributed by atoms with E-state index in [9.17, 15) is 0 Å². The third-order valence-corrected chi connectivity index (χ3v) is 4.32. The molecule has 5 heteroatoms. The topological polar surface area (TPSA) is 37.6 Å². The van der Waals surface area contributed by atoms with Crippen molar-refractivity contribution in [1.29, 1.82) is 0 Å². The van der Waals surface area contributed by atoms with Gasteiger partial charge in [-0.25, -0.2) is 0 Å². The normalized spacial score (nSPS) is 12.0. The van der Waals surface area contributed by atoms with Crippen LogP contribution in [0.2, 0.25) is 0 Å². The average Bonchev–Trinajstić information content (AvgIpc) is 3.09. The quantitative estimate of drug-likeness (QED) is 0.707. The van der Waals surface area contributed by atoms with Crippen molar-refractivity contribution >= 4 is 23.0 Å². The van der Waals surface area contributed by atoms with E-state index in [0.29, 0.717) is 11.0 Å².